The minimum absolute atomic E-state index is 0.0167. The summed E-state index contributed by atoms with van der Waals surface area (Å²) in [5, 5.41) is 8.85. The van der Waals surface area contributed by atoms with E-state index < -0.39 is 9.84 Å². The third-order valence-corrected chi connectivity index (χ3v) is 5.64. The maximum absolute atomic E-state index is 12.3. The maximum atomic E-state index is 12.3. The van der Waals surface area contributed by atoms with Crippen molar-refractivity contribution in [2.45, 2.75) is 24.2 Å². The van der Waals surface area contributed by atoms with Crippen LogP contribution >= 0.6 is 11.6 Å². The SMILES string of the molecule is N#CCC1(CS(=O)(=O)c2ccc(N)cc2Cl)CC1. The molecule has 0 aliphatic heterocycles. The van der Waals surface area contributed by atoms with Crippen LogP contribution in [0.25, 0.3) is 0 Å². The molecule has 0 aromatic heterocycles. The summed E-state index contributed by atoms with van der Waals surface area (Å²) in [5.74, 6) is -0.0167. The van der Waals surface area contributed by atoms with Crippen LogP contribution in [0.5, 0.6) is 0 Å². The Balaban J connectivity index is 2.29. The monoisotopic (exact) mass is 284 g/mol. The standard InChI is InChI=1S/C12H13ClN2O2S/c13-10-7-9(15)1-2-11(10)18(16,17)8-12(3-4-12)5-6-14/h1-2,7H,3-5,8,15H2. The van der Waals surface area contributed by atoms with Gasteiger partial charge in [-0.15, -0.1) is 0 Å². The molecule has 0 unspecified atom stereocenters. The second-order valence-corrected chi connectivity index (χ2v) is 7.15. The molecule has 2 rings (SSSR count). The van der Waals surface area contributed by atoms with Gasteiger partial charge in [0.2, 0.25) is 0 Å². The summed E-state index contributed by atoms with van der Waals surface area (Å²) in [7, 11) is -3.46. The summed E-state index contributed by atoms with van der Waals surface area (Å²) in [6.07, 6.45) is 1.84. The lowest BCUT2D eigenvalue weighted by Crippen LogP contribution is -2.17. The Morgan fingerprint density at radius 1 is 1.44 bits per heavy atom. The zero-order chi connectivity index (χ0) is 13.4. The molecule has 0 spiro atoms. The Labute approximate surface area is 111 Å². The third kappa shape index (κ3) is 2.60. The lowest BCUT2D eigenvalue weighted by Gasteiger charge is -2.12. The molecule has 18 heavy (non-hydrogen) atoms. The van der Waals surface area contributed by atoms with Crippen LogP contribution < -0.4 is 5.73 Å². The van der Waals surface area contributed by atoms with Gasteiger partial charge in [-0.05, 0) is 36.5 Å². The molecule has 1 aromatic rings. The molecular weight excluding hydrogens is 272 g/mol. The van der Waals surface area contributed by atoms with Gasteiger partial charge in [-0.25, -0.2) is 8.42 Å². The Bertz CT molecular complexity index is 615. The van der Waals surface area contributed by atoms with Crippen molar-refractivity contribution < 1.29 is 8.42 Å². The molecule has 0 heterocycles. The summed E-state index contributed by atoms with van der Waals surface area (Å²) in [6.45, 7) is 0. The van der Waals surface area contributed by atoms with Crippen LogP contribution in [0.2, 0.25) is 5.02 Å². The van der Waals surface area contributed by atoms with Gasteiger partial charge in [-0.3, -0.25) is 0 Å². The highest BCUT2D eigenvalue weighted by Gasteiger charge is 2.46. The molecule has 4 nitrogen and oxygen atoms in total. The van der Waals surface area contributed by atoms with Gasteiger partial charge < -0.3 is 5.73 Å². The van der Waals surface area contributed by atoms with Crippen molar-refractivity contribution in [2.24, 2.45) is 5.41 Å². The highest BCUT2D eigenvalue weighted by atomic mass is 35.5. The molecule has 0 atom stereocenters. The van der Waals surface area contributed by atoms with Gasteiger partial charge >= 0.3 is 0 Å². The Morgan fingerprint density at radius 2 is 2.11 bits per heavy atom. The van der Waals surface area contributed by atoms with E-state index >= 15 is 0 Å². The summed E-state index contributed by atoms with van der Waals surface area (Å²) in [6, 6.07) is 6.42. The molecule has 1 aliphatic carbocycles. The zero-order valence-electron chi connectivity index (χ0n) is 9.69. The van der Waals surface area contributed by atoms with Crippen LogP contribution in [0.1, 0.15) is 19.3 Å². The van der Waals surface area contributed by atoms with Gasteiger partial charge in [0, 0.05) is 12.1 Å². The smallest absolute Gasteiger partial charge is 0.180 e. The topological polar surface area (TPSA) is 84.0 Å². The molecule has 96 valence electrons. The molecule has 0 bridgehead atoms. The van der Waals surface area contributed by atoms with E-state index in [2.05, 4.69) is 6.07 Å². The summed E-state index contributed by atoms with van der Waals surface area (Å²) < 4.78 is 24.5. The van der Waals surface area contributed by atoms with E-state index in [0.29, 0.717) is 5.69 Å². The quantitative estimate of drug-likeness (QED) is 0.861. The van der Waals surface area contributed by atoms with Crippen molar-refractivity contribution in [1.82, 2.24) is 0 Å². The number of rotatable bonds is 4. The molecule has 6 heteroatoms. The average Bonchev–Trinajstić information content (AvgIpc) is 2.96. The fourth-order valence-electron chi connectivity index (χ4n) is 1.97. The average molecular weight is 285 g/mol. The molecule has 1 saturated carbocycles. The highest BCUT2D eigenvalue weighted by molar-refractivity contribution is 7.91. The lowest BCUT2D eigenvalue weighted by atomic mass is 10.1. The predicted molar refractivity (Wildman–Crippen MR) is 69.8 cm³/mol. The Hall–Kier alpha value is -1.25. The largest absolute Gasteiger partial charge is 0.399 e. The molecule has 0 amide bonds. The number of nitrogens with two attached hydrogens (primary N) is 1. The fourth-order valence-corrected chi connectivity index (χ4v) is 4.49. The highest BCUT2D eigenvalue weighted by Crippen LogP contribution is 2.50. The van der Waals surface area contributed by atoms with Crippen LogP contribution in [-0.4, -0.2) is 14.2 Å². The van der Waals surface area contributed by atoms with Crippen LogP contribution in [-0.2, 0) is 9.84 Å². The second-order valence-electron chi connectivity index (χ2n) is 4.78. The van der Waals surface area contributed by atoms with Gasteiger partial charge in [0.25, 0.3) is 0 Å². The molecule has 1 fully saturated rings. The first kappa shape index (κ1) is 13.2. The molecular formula is C12H13ClN2O2S. The number of benzene rings is 1. The van der Waals surface area contributed by atoms with Crippen molar-refractivity contribution in [2.75, 3.05) is 11.5 Å². The number of nitriles is 1. The van der Waals surface area contributed by atoms with Crippen LogP contribution in [0.4, 0.5) is 5.69 Å². The van der Waals surface area contributed by atoms with E-state index in [4.69, 9.17) is 22.6 Å². The van der Waals surface area contributed by atoms with Crippen molar-refractivity contribution in [1.29, 1.82) is 5.26 Å². The number of nitrogen functional groups attached to an aromatic ring is 1. The predicted octanol–water partition coefficient (Wildman–Crippen LogP) is 2.39. The number of hydrogen-bond donors (Lipinski definition) is 1. The number of sulfone groups is 1. The van der Waals surface area contributed by atoms with Crippen LogP contribution in [0.15, 0.2) is 23.1 Å². The minimum atomic E-state index is -3.46. The van der Waals surface area contributed by atoms with Crippen molar-refractivity contribution in [3.8, 4) is 6.07 Å². The lowest BCUT2D eigenvalue weighted by molar-refractivity contribution is 0.548. The molecule has 1 aromatic carbocycles. The fraction of sp³-hybridized carbons (Fsp3) is 0.417. The first-order chi connectivity index (χ1) is 8.38. The Morgan fingerprint density at radius 3 is 2.61 bits per heavy atom. The maximum Gasteiger partial charge on any atom is 0.180 e. The molecule has 1 aliphatic rings. The first-order valence-corrected chi connectivity index (χ1v) is 7.56. The van der Waals surface area contributed by atoms with E-state index in [1.54, 1.807) is 0 Å². The van der Waals surface area contributed by atoms with E-state index in [9.17, 15) is 8.42 Å². The van der Waals surface area contributed by atoms with Gasteiger partial charge in [0.1, 0.15) is 0 Å². The molecule has 2 N–H and O–H groups in total. The third-order valence-electron chi connectivity index (χ3n) is 3.20. The zero-order valence-corrected chi connectivity index (χ0v) is 11.3. The number of nitrogens with zero attached hydrogens (tertiary/aromatic N) is 1. The molecule has 0 saturated heterocycles. The van der Waals surface area contributed by atoms with Gasteiger partial charge in [-0.1, -0.05) is 11.6 Å². The van der Waals surface area contributed by atoms with E-state index in [1.807, 2.05) is 0 Å². The van der Waals surface area contributed by atoms with Crippen LogP contribution in [0, 0.1) is 16.7 Å². The van der Waals surface area contributed by atoms with Crippen molar-refractivity contribution >= 4 is 27.1 Å². The number of anilines is 1. The van der Waals surface area contributed by atoms with Crippen molar-refractivity contribution in [3.63, 3.8) is 0 Å². The Kier molecular flexibility index (Phi) is 3.26. The minimum Gasteiger partial charge on any atom is -0.399 e. The van der Waals surface area contributed by atoms with E-state index in [0.717, 1.165) is 12.8 Å². The molecule has 0 radical (unpaired) electrons. The summed E-state index contributed by atoms with van der Waals surface area (Å²) >= 11 is 5.92. The van der Waals surface area contributed by atoms with Gasteiger partial charge in [0.05, 0.1) is 21.7 Å². The van der Waals surface area contributed by atoms with Gasteiger partial charge in [-0.2, -0.15) is 5.26 Å². The summed E-state index contributed by atoms with van der Waals surface area (Å²) in [4.78, 5) is 0.0996. The van der Waals surface area contributed by atoms with Crippen LogP contribution in [0.3, 0.4) is 0 Å². The number of halogens is 1. The van der Waals surface area contributed by atoms with E-state index in [1.165, 1.54) is 18.2 Å². The first-order valence-electron chi connectivity index (χ1n) is 5.53. The van der Waals surface area contributed by atoms with Crippen molar-refractivity contribution in [3.05, 3.63) is 23.2 Å². The number of hydrogen-bond acceptors (Lipinski definition) is 4. The normalized spacial score (nSPS) is 17.1. The second kappa shape index (κ2) is 4.45. The van der Waals surface area contributed by atoms with E-state index in [-0.39, 0.29) is 27.5 Å². The summed E-state index contributed by atoms with van der Waals surface area (Å²) in [5.41, 5.74) is 5.60. The van der Waals surface area contributed by atoms with Gasteiger partial charge in [0.15, 0.2) is 9.84 Å².